The number of para-hydroxylation sites is 1. The Morgan fingerprint density at radius 2 is 0.752 bits per heavy atom. The Labute approximate surface area is 771 Å². The first-order chi connectivity index (χ1) is 63.5. The fourth-order valence-corrected chi connectivity index (χ4v) is 14.1. The maximum absolute atomic E-state index is 14.9. The summed E-state index contributed by atoms with van der Waals surface area (Å²) >= 11 is 0. The third kappa shape index (κ3) is 50.3. The van der Waals surface area contributed by atoms with E-state index in [1.807, 2.05) is 0 Å². The largest absolute Gasteiger partial charge is 0.481 e. The zero-order valence-corrected chi connectivity index (χ0v) is 76.1. The zero-order valence-electron chi connectivity index (χ0n) is 75.2. The molecular weight excluding hydrogens is 1760 g/mol. The Morgan fingerprint density at radius 1 is 0.361 bits per heavy atom. The van der Waals surface area contributed by atoms with Gasteiger partial charge in [0.15, 0.2) is 0 Å². The number of carboxylic acids is 5. The van der Waals surface area contributed by atoms with Crippen LogP contribution in [0.4, 0.5) is 0 Å². The van der Waals surface area contributed by atoms with Crippen molar-refractivity contribution < 1.29 is 143 Å². The second kappa shape index (κ2) is 64.5. The molecule has 0 aliphatic rings. The van der Waals surface area contributed by atoms with E-state index in [1.54, 1.807) is 74.6 Å². The van der Waals surface area contributed by atoms with Crippen LogP contribution in [0.5, 0.6) is 5.75 Å². The van der Waals surface area contributed by atoms with Gasteiger partial charge in [-0.15, -0.1) is 0 Å². The summed E-state index contributed by atoms with van der Waals surface area (Å²) in [7, 11) is -5.03. The minimum atomic E-state index is -5.03. The van der Waals surface area contributed by atoms with Crippen LogP contribution < -0.4 is 68.4 Å². The summed E-state index contributed by atoms with van der Waals surface area (Å²) in [5.74, 6) is -18.2. The highest BCUT2D eigenvalue weighted by atomic mass is 32.3. The highest BCUT2D eigenvalue weighted by Crippen LogP contribution is 2.22. The molecule has 0 radical (unpaired) electrons. The van der Waals surface area contributed by atoms with Gasteiger partial charge in [-0.1, -0.05) is 177 Å². The van der Waals surface area contributed by atoms with Crippen LogP contribution in [0.3, 0.4) is 0 Å². The average Bonchev–Trinajstić information content (AvgIpc) is 1.68. The van der Waals surface area contributed by atoms with Crippen LogP contribution in [0.25, 0.3) is 10.9 Å². The Hall–Kier alpha value is -12.3. The molecule has 0 unspecified atom stereocenters. The van der Waals surface area contributed by atoms with Crippen molar-refractivity contribution in [1.29, 1.82) is 0 Å². The number of carboxylic acid groups (broad SMARTS) is 5. The Morgan fingerprint density at radius 3 is 1.24 bits per heavy atom. The second-order valence-corrected chi connectivity index (χ2v) is 32.9. The van der Waals surface area contributed by atoms with E-state index in [9.17, 15) is 115 Å². The molecule has 1 heterocycles. The molecule has 9 atom stereocenters. The van der Waals surface area contributed by atoms with Crippen molar-refractivity contribution >= 4 is 122 Å². The average molecular weight is 1900 g/mol. The van der Waals surface area contributed by atoms with Crippen LogP contribution in [-0.4, -0.2) is 265 Å². The fourth-order valence-electron chi connectivity index (χ4n) is 13.8. The SMILES string of the molecule is CCCC[C@H](NC(=O)[C@H](Cc1c[nH]c2ccccc12)NC(=O)[C@H](CCC(=O)O)NC(=O)[C@H](CCCC)NC(=O)[C@H](Cc1ccc(OS(=O)(=O)O)cc1)NC(=O)[C@H](CC(=O)O)NC(=O)COCCOCCNC(=O)COCCOCCNC(=O)CC[C@H](NC(=O)CCCCCCCCCCCCCCCCC(=O)O)C(=O)O)C(=O)N[C@@H](CC(=O)O)C(=O)N[C@@H](Cc1ccccc1)C(N)=O. The van der Waals surface area contributed by atoms with Crippen LogP contribution in [0.1, 0.15) is 210 Å². The lowest BCUT2D eigenvalue weighted by molar-refractivity contribution is -0.142. The minimum absolute atomic E-state index is 0.0107. The molecule has 0 saturated heterocycles. The number of benzene rings is 3. The van der Waals surface area contributed by atoms with Gasteiger partial charge in [0.2, 0.25) is 70.9 Å². The first kappa shape index (κ1) is 113. The number of ether oxygens (including phenoxy) is 4. The quantitative estimate of drug-likeness (QED) is 0.0223. The fraction of sp³-hybridized carbons (Fsp3) is 0.584. The number of unbranched alkanes of at least 4 members (excludes halogenated alkanes) is 15. The second-order valence-electron chi connectivity index (χ2n) is 31.8. The highest BCUT2D eigenvalue weighted by molar-refractivity contribution is 7.81. The van der Waals surface area contributed by atoms with E-state index in [4.69, 9.17) is 29.8 Å². The molecule has 0 saturated carbocycles. The van der Waals surface area contributed by atoms with Crippen molar-refractivity contribution in [3.05, 3.63) is 102 Å². The number of carbonyl (C=O) groups is 17. The van der Waals surface area contributed by atoms with Crippen LogP contribution in [0, 0.1) is 0 Å². The minimum Gasteiger partial charge on any atom is -0.481 e. The van der Waals surface area contributed by atoms with E-state index in [-0.39, 0.29) is 129 Å². The van der Waals surface area contributed by atoms with Crippen LogP contribution in [0.15, 0.2) is 85.1 Å². The smallest absolute Gasteiger partial charge is 0.446 e. The van der Waals surface area contributed by atoms with E-state index in [0.717, 1.165) is 69.9 Å². The Bertz CT molecular complexity index is 4480. The number of nitrogens with two attached hydrogens (primary N) is 1. The van der Waals surface area contributed by atoms with Gasteiger partial charge in [-0.3, -0.25) is 81.3 Å². The van der Waals surface area contributed by atoms with Gasteiger partial charge < -0.3 is 118 Å². The summed E-state index contributed by atoms with van der Waals surface area (Å²) in [6.07, 6.45) is 12.6. The molecule has 44 heteroatoms. The summed E-state index contributed by atoms with van der Waals surface area (Å²) in [6.45, 7) is 2.25. The molecule has 43 nitrogen and oxygen atoms in total. The number of nitrogens with one attached hydrogen (secondary N) is 12. The zero-order chi connectivity index (χ0) is 97.9. The molecular formula is C89H131N13O30S. The number of carbonyl (C=O) groups excluding carboxylic acids is 12. The molecule has 20 N–H and O–H groups in total. The molecule has 738 valence electrons. The number of hydrogen-bond donors (Lipinski definition) is 19. The molecule has 1 aromatic heterocycles. The Kier molecular flexibility index (Phi) is 54.9. The van der Waals surface area contributed by atoms with Crippen LogP contribution >= 0.6 is 0 Å². The third-order valence-electron chi connectivity index (χ3n) is 20.8. The van der Waals surface area contributed by atoms with Crippen molar-refractivity contribution in [2.45, 2.75) is 267 Å². The van der Waals surface area contributed by atoms with E-state index in [1.165, 1.54) is 37.8 Å². The number of fused-ring (bicyclic) bond motifs is 1. The van der Waals surface area contributed by atoms with E-state index in [0.29, 0.717) is 41.3 Å². The number of rotatable bonds is 75. The summed E-state index contributed by atoms with van der Waals surface area (Å²) < 4.78 is 58.5. The van der Waals surface area contributed by atoms with E-state index >= 15 is 0 Å². The van der Waals surface area contributed by atoms with Gasteiger partial charge in [-0.25, -0.2) is 4.79 Å². The molecule has 0 spiro atoms. The van der Waals surface area contributed by atoms with Crippen LogP contribution in [0.2, 0.25) is 0 Å². The first-order valence-corrected chi connectivity index (χ1v) is 46.2. The standard InChI is InChI=1S/C89H131N13O30S/c1-3-5-29-64(82(116)98-66(39-41-78(109)110)84(118)101-70(52-60-55-93-63-31-25-24-28-62(60)63)86(120)97-65(30-6-4-2)83(117)102-72(54-80(113)114)88(122)99-68(81(90)115)50-58-26-20-19-21-27-58)96-85(119)69(51-59-34-36-61(37-35-59)132-133(125,126)127)100-87(121)71(53-79(111)112)95-76(106)57-131-49-47-129-45-43-92-75(105)56-130-48-46-128-44-42-91-73(103)40-38-67(89(123)124)94-74(104)32-22-17-15-13-11-9-7-8-10-12-14-16-18-23-33-77(107)108/h19-21,24-28,31,34-37,55,64-72,93H,3-18,22-23,29-30,32-33,38-54,56-57H2,1-2H3,(H2,90,115)(H,91,103)(H,92,105)(H,94,104)(H,95,106)(H,96,119)(H,97,120)(H,98,116)(H,99,122)(H,100,121)(H,101,118)(H,102,117)(H,107,108)(H,109,110)(H,111,112)(H,113,114)(H,123,124)(H,125,126,127)/t64-,65-,66-,67-,68-,69-,70-,71-,72-/m0/s1. The number of aromatic amines is 1. The summed E-state index contributed by atoms with van der Waals surface area (Å²) in [5.41, 5.74) is 7.39. The predicted molar refractivity (Wildman–Crippen MR) is 479 cm³/mol. The van der Waals surface area contributed by atoms with Crippen molar-refractivity contribution in [2.24, 2.45) is 5.73 Å². The van der Waals surface area contributed by atoms with Crippen molar-refractivity contribution in [3.8, 4) is 5.75 Å². The number of aliphatic carboxylic acids is 5. The van der Waals surface area contributed by atoms with Crippen LogP contribution in [-0.2, 0) is 130 Å². The van der Waals surface area contributed by atoms with Gasteiger partial charge in [-0.05, 0) is 73.4 Å². The highest BCUT2D eigenvalue weighted by Gasteiger charge is 2.37. The lowest BCUT2D eigenvalue weighted by atomic mass is 10.0. The predicted octanol–water partition coefficient (Wildman–Crippen LogP) is 2.91. The van der Waals surface area contributed by atoms with Crippen molar-refractivity contribution in [3.63, 3.8) is 0 Å². The monoisotopic (exact) mass is 1890 g/mol. The molecule has 12 amide bonds. The first-order valence-electron chi connectivity index (χ1n) is 44.8. The summed E-state index contributed by atoms with van der Waals surface area (Å²) in [6, 6.07) is 4.97. The summed E-state index contributed by atoms with van der Waals surface area (Å²) in [4.78, 5) is 227. The molecule has 3 aromatic carbocycles. The molecule has 0 bridgehead atoms. The maximum atomic E-state index is 14.9. The summed E-state index contributed by atoms with van der Waals surface area (Å²) in [5, 5.41) is 76.0. The third-order valence-corrected chi connectivity index (χ3v) is 21.2. The van der Waals surface area contributed by atoms with Gasteiger partial charge in [0, 0.05) is 75.1 Å². The lowest BCUT2D eigenvalue weighted by Crippen LogP contribution is -2.61. The number of amides is 12. The molecule has 0 aliphatic heterocycles. The van der Waals surface area contributed by atoms with Gasteiger partial charge in [0.25, 0.3) is 0 Å². The van der Waals surface area contributed by atoms with Crippen molar-refractivity contribution in [2.75, 3.05) is 65.9 Å². The normalized spacial score (nSPS) is 13.3. The number of primary amides is 1. The molecule has 4 aromatic rings. The Balaban J connectivity index is 1.31. The van der Waals surface area contributed by atoms with E-state index < -0.39 is 210 Å². The number of hydrogen-bond acceptors (Lipinski definition) is 24. The number of aromatic nitrogens is 1. The lowest BCUT2D eigenvalue weighted by Gasteiger charge is -2.28. The maximum Gasteiger partial charge on any atom is 0.446 e. The van der Waals surface area contributed by atoms with Gasteiger partial charge in [-0.2, -0.15) is 8.42 Å². The molecule has 0 aliphatic carbocycles. The van der Waals surface area contributed by atoms with Gasteiger partial charge in [0.05, 0.1) is 52.5 Å². The van der Waals surface area contributed by atoms with Gasteiger partial charge in [0.1, 0.15) is 73.3 Å². The van der Waals surface area contributed by atoms with E-state index in [2.05, 4.69) is 67.7 Å². The van der Waals surface area contributed by atoms with Crippen molar-refractivity contribution in [1.82, 2.24) is 63.5 Å². The molecule has 0 fully saturated rings. The topological polar surface area (TPSA) is 666 Å². The molecule has 133 heavy (non-hydrogen) atoms. The van der Waals surface area contributed by atoms with Gasteiger partial charge >= 0.3 is 40.2 Å². The number of H-pyrrole nitrogens is 1. The molecule has 4 rings (SSSR count).